The minimum absolute atomic E-state index is 0.0106. The molecule has 0 aliphatic carbocycles. The molecule has 1 aromatic rings. The van der Waals surface area contributed by atoms with Crippen LogP contribution in [-0.2, 0) is 0 Å². The van der Waals surface area contributed by atoms with Crippen LogP contribution in [0.3, 0.4) is 0 Å². The molecule has 1 rings (SSSR count). The van der Waals surface area contributed by atoms with Crippen LogP contribution in [0.4, 0.5) is 11.4 Å². The van der Waals surface area contributed by atoms with Crippen molar-refractivity contribution < 1.29 is 10.0 Å². The van der Waals surface area contributed by atoms with Gasteiger partial charge in [-0.15, -0.1) is 0 Å². The molecule has 0 spiro atoms. The first-order valence-electron chi connectivity index (χ1n) is 5.33. The van der Waals surface area contributed by atoms with Crippen LogP contribution < -0.4 is 5.32 Å². The minimum atomic E-state index is -0.478. The van der Waals surface area contributed by atoms with E-state index < -0.39 is 4.92 Å². The second-order valence-corrected chi connectivity index (χ2v) is 5.32. The summed E-state index contributed by atoms with van der Waals surface area (Å²) in [5.74, 6) is 0. The molecule has 7 heteroatoms. The molecule has 0 saturated carbocycles. The van der Waals surface area contributed by atoms with E-state index in [1.54, 1.807) is 12.1 Å². The lowest BCUT2D eigenvalue weighted by Gasteiger charge is -2.22. The fraction of sp³-hybridized carbons (Fsp3) is 0.455. The maximum absolute atomic E-state index is 10.9. The molecule has 2 atom stereocenters. The third-order valence-corrected chi connectivity index (χ3v) is 3.98. The molecule has 1 aromatic carbocycles. The van der Waals surface area contributed by atoms with Crippen LogP contribution >= 0.6 is 23.4 Å². The summed E-state index contributed by atoms with van der Waals surface area (Å²) in [6.07, 6.45) is 1.88. The maximum atomic E-state index is 10.9. The van der Waals surface area contributed by atoms with Crippen molar-refractivity contribution in [2.24, 2.45) is 0 Å². The highest BCUT2D eigenvalue weighted by molar-refractivity contribution is 7.99. The molecular formula is C11H15ClN2O3S. The predicted molar refractivity (Wildman–Crippen MR) is 75.6 cm³/mol. The van der Waals surface area contributed by atoms with E-state index in [4.69, 9.17) is 11.6 Å². The Morgan fingerprint density at radius 3 is 2.78 bits per heavy atom. The first-order chi connectivity index (χ1) is 8.49. The number of thioether (sulfide) groups is 1. The number of nitro benzene ring substituents is 1. The SMILES string of the molecule is CSC(CO)C(C)Nc1ccc(Cl)cc1[N+](=O)[O-]. The van der Waals surface area contributed by atoms with Gasteiger partial charge in [-0.3, -0.25) is 10.1 Å². The Bertz CT molecular complexity index is 427. The van der Waals surface area contributed by atoms with Gasteiger partial charge in [-0.05, 0) is 25.3 Å². The van der Waals surface area contributed by atoms with Gasteiger partial charge in [0.2, 0.25) is 0 Å². The fourth-order valence-electron chi connectivity index (χ4n) is 1.55. The van der Waals surface area contributed by atoms with E-state index in [1.165, 1.54) is 17.8 Å². The van der Waals surface area contributed by atoms with E-state index in [2.05, 4.69) is 5.32 Å². The highest BCUT2D eigenvalue weighted by Crippen LogP contribution is 2.29. The lowest BCUT2D eigenvalue weighted by molar-refractivity contribution is -0.384. The van der Waals surface area contributed by atoms with Crippen LogP contribution in [0.25, 0.3) is 0 Å². The molecule has 0 saturated heterocycles. The molecule has 18 heavy (non-hydrogen) atoms. The quantitative estimate of drug-likeness (QED) is 0.622. The standard InChI is InChI=1S/C11H15ClN2O3S/c1-7(11(6-15)18-2)13-9-4-3-8(12)5-10(9)14(16)17/h3-5,7,11,13,15H,6H2,1-2H3. The number of hydrogen-bond donors (Lipinski definition) is 2. The first kappa shape index (κ1) is 15.1. The normalized spacial score (nSPS) is 14.0. The Labute approximate surface area is 115 Å². The van der Waals surface area contributed by atoms with Gasteiger partial charge in [-0.25, -0.2) is 0 Å². The molecular weight excluding hydrogens is 276 g/mol. The summed E-state index contributed by atoms with van der Waals surface area (Å²) in [7, 11) is 0. The molecule has 0 aromatic heterocycles. The third-order valence-electron chi connectivity index (χ3n) is 2.58. The molecule has 2 N–H and O–H groups in total. The second kappa shape index (κ2) is 6.82. The number of aliphatic hydroxyl groups is 1. The largest absolute Gasteiger partial charge is 0.395 e. The molecule has 0 aliphatic rings. The van der Waals surface area contributed by atoms with E-state index in [0.717, 1.165) is 0 Å². The van der Waals surface area contributed by atoms with Gasteiger partial charge in [0.05, 0.1) is 11.5 Å². The zero-order valence-electron chi connectivity index (χ0n) is 10.1. The van der Waals surface area contributed by atoms with Crippen molar-refractivity contribution >= 4 is 34.7 Å². The Balaban J connectivity index is 2.93. The van der Waals surface area contributed by atoms with E-state index in [0.29, 0.717) is 10.7 Å². The first-order valence-corrected chi connectivity index (χ1v) is 7.00. The third kappa shape index (κ3) is 3.76. The number of halogens is 1. The summed E-state index contributed by atoms with van der Waals surface area (Å²) in [4.78, 5) is 10.4. The molecule has 0 fully saturated rings. The highest BCUT2D eigenvalue weighted by Gasteiger charge is 2.20. The summed E-state index contributed by atoms with van der Waals surface area (Å²) in [6, 6.07) is 4.39. The molecule has 5 nitrogen and oxygen atoms in total. The van der Waals surface area contributed by atoms with Crippen LogP contribution in [0.1, 0.15) is 6.92 Å². The van der Waals surface area contributed by atoms with Crippen LogP contribution in [0.5, 0.6) is 0 Å². The molecule has 0 radical (unpaired) electrons. The van der Waals surface area contributed by atoms with Crippen LogP contribution in [0, 0.1) is 10.1 Å². The molecule has 0 aliphatic heterocycles. The highest BCUT2D eigenvalue weighted by atomic mass is 35.5. The number of benzene rings is 1. The number of anilines is 1. The van der Waals surface area contributed by atoms with Gasteiger partial charge in [0, 0.05) is 22.4 Å². The molecule has 0 amide bonds. The Kier molecular flexibility index (Phi) is 5.71. The summed E-state index contributed by atoms with van der Waals surface area (Å²) in [6.45, 7) is 1.88. The molecule has 2 unspecified atom stereocenters. The van der Waals surface area contributed by atoms with Gasteiger partial charge in [0.15, 0.2) is 0 Å². The second-order valence-electron chi connectivity index (χ2n) is 3.81. The minimum Gasteiger partial charge on any atom is -0.395 e. The van der Waals surface area contributed by atoms with Gasteiger partial charge in [-0.2, -0.15) is 11.8 Å². The molecule has 0 bridgehead atoms. The number of nitrogens with zero attached hydrogens (tertiary/aromatic N) is 1. The van der Waals surface area contributed by atoms with Crippen molar-refractivity contribution in [3.63, 3.8) is 0 Å². The number of nitro groups is 1. The lowest BCUT2D eigenvalue weighted by atomic mass is 10.2. The average Bonchev–Trinajstić information content (AvgIpc) is 2.32. The molecule has 100 valence electrons. The zero-order valence-corrected chi connectivity index (χ0v) is 11.7. The Morgan fingerprint density at radius 2 is 2.28 bits per heavy atom. The van der Waals surface area contributed by atoms with Crippen LogP contribution in [0.15, 0.2) is 18.2 Å². The van der Waals surface area contributed by atoms with Crippen molar-refractivity contribution in [1.29, 1.82) is 0 Å². The van der Waals surface area contributed by atoms with Gasteiger partial charge in [0.25, 0.3) is 5.69 Å². The van der Waals surface area contributed by atoms with Gasteiger partial charge >= 0.3 is 0 Å². The number of rotatable bonds is 6. The molecule has 0 heterocycles. The van der Waals surface area contributed by atoms with Crippen molar-refractivity contribution in [1.82, 2.24) is 0 Å². The smallest absolute Gasteiger partial charge is 0.293 e. The van der Waals surface area contributed by atoms with Crippen molar-refractivity contribution in [3.05, 3.63) is 33.3 Å². The Hall–Kier alpha value is -0.980. The lowest BCUT2D eigenvalue weighted by Crippen LogP contribution is -2.31. The number of nitrogens with one attached hydrogen (secondary N) is 1. The summed E-state index contributed by atoms with van der Waals surface area (Å²) >= 11 is 7.24. The predicted octanol–water partition coefficient (Wildman–Crippen LogP) is 2.77. The van der Waals surface area contributed by atoms with E-state index in [9.17, 15) is 15.2 Å². The number of hydrogen-bond acceptors (Lipinski definition) is 5. The van der Waals surface area contributed by atoms with Gasteiger partial charge in [-0.1, -0.05) is 11.6 Å². The maximum Gasteiger partial charge on any atom is 0.293 e. The van der Waals surface area contributed by atoms with E-state index in [1.807, 2.05) is 13.2 Å². The summed E-state index contributed by atoms with van der Waals surface area (Å²) in [5, 5.41) is 23.4. The van der Waals surface area contributed by atoms with E-state index in [-0.39, 0.29) is 23.6 Å². The summed E-state index contributed by atoms with van der Waals surface area (Å²) in [5.41, 5.74) is 0.344. The van der Waals surface area contributed by atoms with Crippen molar-refractivity contribution in [3.8, 4) is 0 Å². The number of aliphatic hydroxyl groups excluding tert-OH is 1. The van der Waals surface area contributed by atoms with Gasteiger partial charge in [0.1, 0.15) is 5.69 Å². The van der Waals surface area contributed by atoms with E-state index >= 15 is 0 Å². The fourth-order valence-corrected chi connectivity index (χ4v) is 2.34. The zero-order chi connectivity index (χ0) is 13.7. The average molecular weight is 291 g/mol. The summed E-state index contributed by atoms with van der Waals surface area (Å²) < 4.78 is 0. The van der Waals surface area contributed by atoms with Gasteiger partial charge < -0.3 is 10.4 Å². The van der Waals surface area contributed by atoms with Crippen LogP contribution in [-0.4, -0.2) is 34.2 Å². The van der Waals surface area contributed by atoms with Crippen LogP contribution in [0.2, 0.25) is 5.02 Å². The van der Waals surface area contributed by atoms with Crippen molar-refractivity contribution in [2.45, 2.75) is 18.2 Å². The topological polar surface area (TPSA) is 75.4 Å². The Morgan fingerprint density at radius 1 is 1.61 bits per heavy atom. The van der Waals surface area contributed by atoms with Crippen molar-refractivity contribution in [2.75, 3.05) is 18.2 Å². The monoisotopic (exact) mass is 290 g/mol.